The lowest BCUT2D eigenvalue weighted by molar-refractivity contribution is -0.125. The molecule has 3 atom stereocenters. The smallest absolute Gasteiger partial charge is 0.312 e. The Morgan fingerprint density at radius 2 is 0.927 bits per heavy atom. The van der Waals surface area contributed by atoms with Crippen LogP contribution < -0.4 is 0 Å². The fraction of sp³-hybridized carbons (Fsp3) is 0.455. The third-order valence-corrected chi connectivity index (χ3v) is 12.3. The van der Waals surface area contributed by atoms with Gasteiger partial charge in [-0.25, -0.2) is 4.57 Å². The second-order valence-electron chi connectivity index (χ2n) is 15.3. The van der Waals surface area contributed by atoms with Crippen molar-refractivity contribution in [3.05, 3.63) is 130 Å². The average molecular weight is 797 g/mol. The zero-order valence-electron chi connectivity index (χ0n) is 35.2. The quantitative estimate of drug-likeness (QED) is 0.105. The van der Waals surface area contributed by atoms with Crippen LogP contribution in [-0.4, -0.2) is 51.8 Å². The molecule has 0 saturated heterocycles. The van der Waals surface area contributed by atoms with E-state index < -0.39 is 33.0 Å². The summed E-state index contributed by atoms with van der Waals surface area (Å²) in [6.45, 7) is 21.2. The molecule has 0 fully saturated rings. The monoisotopic (exact) mass is 796 g/mol. The van der Waals surface area contributed by atoms with E-state index in [-0.39, 0.29) is 17.0 Å². The third-order valence-electron chi connectivity index (χ3n) is 9.63. The molecule has 0 amide bonds. The lowest BCUT2D eigenvalue weighted by Gasteiger charge is -2.37. The molecule has 55 heavy (non-hydrogen) atoms. The van der Waals surface area contributed by atoms with Crippen molar-refractivity contribution in [2.45, 2.75) is 94.3 Å². The Morgan fingerprint density at radius 1 is 0.582 bits per heavy atom. The number of allylic oxidation sites excluding steroid dienone is 20. The van der Waals surface area contributed by atoms with Gasteiger partial charge in [-0.15, -0.1) is 0 Å². The van der Waals surface area contributed by atoms with Crippen molar-refractivity contribution >= 4 is 27.0 Å². The predicted molar refractivity (Wildman–Crippen MR) is 225 cm³/mol. The normalized spacial score (nSPS) is 23.5. The highest BCUT2D eigenvalue weighted by atomic mass is 31.2. The lowest BCUT2D eigenvalue weighted by atomic mass is 9.71. The number of Topliss-reactive ketones (excluding diaryl/α,β-unsaturated/α-hetero) is 2. The molecule has 0 aromatic carbocycles. The van der Waals surface area contributed by atoms with Gasteiger partial charge in [-0.2, -0.15) is 0 Å². The van der Waals surface area contributed by atoms with Gasteiger partial charge in [-0.05, 0) is 87.5 Å². The summed E-state index contributed by atoms with van der Waals surface area (Å²) in [5.41, 5.74) is 6.52. The molecule has 0 aliphatic heterocycles. The Bertz CT molecular complexity index is 1880. The van der Waals surface area contributed by atoms with Crippen LogP contribution in [0.15, 0.2) is 130 Å². The first kappa shape index (κ1) is 47.9. The summed E-state index contributed by atoms with van der Waals surface area (Å²) in [7, 11) is -3.30. The molecule has 0 aromatic rings. The van der Waals surface area contributed by atoms with E-state index in [1.165, 1.54) is 28.0 Å². The van der Waals surface area contributed by atoms with Crippen LogP contribution in [-0.2, 0) is 41.3 Å². The van der Waals surface area contributed by atoms with Crippen LogP contribution in [0.5, 0.6) is 0 Å². The van der Waals surface area contributed by atoms with Gasteiger partial charge in [0.15, 0.2) is 11.6 Å². The summed E-state index contributed by atoms with van der Waals surface area (Å²) >= 11 is 0. The van der Waals surface area contributed by atoms with Crippen LogP contribution in [0.4, 0.5) is 0 Å². The number of rotatable bonds is 17. The van der Waals surface area contributed by atoms with E-state index in [4.69, 9.17) is 22.6 Å². The molecule has 302 valence electrons. The van der Waals surface area contributed by atoms with Crippen LogP contribution >= 0.6 is 15.4 Å². The number of hydrogen-bond donors (Lipinski definition) is 0. The molecule has 0 aromatic heterocycles. The molecular weight excluding hydrogens is 734 g/mol. The van der Waals surface area contributed by atoms with Gasteiger partial charge < -0.3 is 4.52 Å². The van der Waals surface area contributed by atoms with Crippen LogP contribution in [0.3, 0.4) is 0 Å². The largest absolute Gasteiger partial charge is 0.474 e. The van der Waals surface area contributed by atoms with Crippen LogP contribution in [0.2, 0.25) is 0 Å². The Hall–Kier alpha value is -3.26. The summed E-state index contributed by atoms with van der Waals surface area (Å²) in [6, 6.07) is 0. The van der Waals surface area contributed by atoms with Crippen molar-refractivity contribution in [1.82, 2.24) is 0 Å². The molecule has 0 heterocycles. The average Bonchev–Trinajstić information content (AvgIpc) is 3.10. The third kappa shape index (κ3) is 14.6. The van der Waals surface area contributed by atoms with E-state index in [0.717, 1.165) is 33.4 Å². The number of carbonyl (C=O) groups is 2. The van der Waals surface area contributed by atoms with E-state index in [1.54, 1.807) is 13.8 Å². The summed E-state index contributed by atoms with van der Waals surface area (Å²) < 4.78 is 50.6. The summed E-state index contributed by atoms with van der Waals surface area (Å²) in [6.07, 6.45) is 27.2. The minimum atomic E-state index is -3.79. The van der Waals surface area contributed by atoms with E-state index >= 15 is 0 Å². The molecule has 3 unspecified atom stereocenters. The molecule has 11 heteroatoms. The number of phosphoric ester groups is 1. The highest BCUT2D eigenvalue weighted by Gasteiger charge is 2.43. The number of ketones is 2. The van der Waals surface area contributed by atoms with E-state index in [2.05, 4.69) is 13.8 Å². The standard InChI is InChI=1S/C44H62O9P2/c1-31(21-17-23-33(3)25-27-37-35(5)41(45)39(29-43(37,7)8)52-54(14,47)49-11)19-15-16-20-32(2)22-18-24-34(4)26-28-38-36(6)42(46)40(30-44(38,9)10)53-55(48,50-12)51-13/h15-28,39-40H,29-30H2,1-14H3/b16-15+,21-17+,22-18+,27-25+,28-26+,31-19+,32-20+,33-23+,34-24+. The molecule has 2 aliphatic carbocycles. The van der Waals surface area contributed by atoms with E-state index in [0.29, 0.717) is 24.0 Å². The van der Waals surface area contributed by atoms with Crippen LogP contribution in [0.25, 0.3) is 0 Å². The maximum absolute atomic E-state index is 13.1. The fourth-order valence-electron chi connectivity index (χ4n) is 6.33. The van der Waals surface area contributed by atoms with Crippen molar-refractivity contribution in [1.29, 1.82) is 0 Å². The van der Waals surface area contributed by atoms with Gasteiger partial charge in [0.25, 0.3) is 0 Å². The molecule has 0 spiro atoms. The van der Waals surface area contributed by atoms with Gasteiger partial charge in [0.05, 0.1) is 0 Å². The minimum absolute atomic E-state index is 0.160. The second kappa shape index (κ2) is 20.8. The summed E-state index contributed by atoms with van der Waals surface area (Å²) in [5, 5.41) is 0. The zero-order chi connectivity index (χ0) is 41.8. The van der Waals surface area contributed by atoms with Crippen molar-refractivity contribution in [3.63, 3.8) is 0 Å². The maximum Gasteiger partial charge on any atom is 0.474 e. The highest BCUT2D eigenvalue weighted by molar-refractivity contribution is 7.53. The molecule has 2 aliphatic rings. The van der Waals surface area contributed by atoms with E-state index in [1.807, 2.05) is 127 Å². The van der Waals surface area contributed by atoms with Gasteiger partial charge in [-0.1, -0.05) is 135 Å². The maximum atomic E-state index is 13.1. The zero-order valence-corrected chi connectivity index (χ0v) is 37.0. The summed E-state index contributed by atoms with van der Waals surface area (Å²) in [5.74, 6) is -0.387. The van der Waals surface area contributed by atoms with Gasteiger partial charge in [0.1, 0.15) is 12.2 Å². The van der Waals surface area contributed by atoms with Crippen LogP contribution in [0, 0.1) is 10.8 Å². The van der Waals surface area contributed by atoms with Gasteiger partial charge in [-0.3, -0.25) is 32.2 Å². The van der Waals surface area contributed by atoms with Gasteiger partial charge >= 0.3 is 15.4 Å². The predicted octanol–water partition coefficient (Wildman–Crippen LogP) is 11.8. The van der Waals surface area contributed by atoms with E-state index in [9.17, 15) is 18.7 Å². The first-order valence-electron chi connectivity index (χ1n) is 18.3. The number of hydrogen-bond acceptors (Lipinski definition) is 9. The molecule has 0 radical (unpaired) electrons. The van der Waals surface area contributed by atoms with Crippen molar-refractivity contribution in [3.8, 4) is 0 Å². The van der Waals surface area contributed by atoms with Crippen molar-refractivity contribution < 1.29 is 41.3 Å². The fourth-order valence-corrected chi connectivity index (χ4v) is 7.85. The Labute approximate surface area is 330 Å². The SMILES string of the molecule is COP(C)(=O)OC1CC(C)(C)C(/C=C/C(C)=C/C=C/C(C)=C/C=C/C=C(C)/C=C/C=C(C)/C=C/C2=C(C)C(=O)C(OP(=O)(OC)OC)CC2(C)C)=C(C)C1=O. The summed E-state index contributed by atoms with van der Waals surface area (Å²) in [4.78, 5) is 26.1. The van der Waals surface area contributed by atoms with Crippen molar-refractivity contribution in [2.75, 3.05) is 28.0 Å². The first-order valence-corrected chi connectivity index (χ1v) is 21.8. The molecule has 0 bridgehead atoms. The topological polar surface area (TPSA) is 114 Å². The first-order chi connectivity index (χ1) is 25.5. The van der Waals surface area contributed by atoms with Crippen LogP contribution in [0.1, 0.15) is 82.1 Å². The van der Waals surface area contributed by atoms with Gasteiger partial charge in [0, 0.05) is 28.0 Å². The molecule has 0 N–H and O–H groups in total. The Balaban J connectivity index is 2.01. The van der Waals surface area contributed by atoms with Crippen molar-refractivity contribution in [2.24, 2.45) is 10.8 Å². The number of carbonyl (C=O) groups excluding carboxylic acids is 2. The Kier molecular flexibility index (Phi) is 18.1. The van der Waals surface area contributed by atoms with Gasteiger partial charge in [0.2, 0.25) is 0 Å². The molecule has 9 nitrogen and oxygen atoms in total. The molecular formula is C44H62O9P2. The minimum Gasteiger partial charge on any atom is -0.312 e. The Morgan fingerprint density at radius 3 is 1.29 bits per heavy atom. The second-order valence-corrected chi connectivity index (χ2v) is 19.3. The highest BCUT2D eigenvalue weighted by Crippen LogP contribution is 2.52. The molecule has 0 saturated carbocycles. The molecule has 2 rings (SSSR count). The number of phosphoric acid groups is 1. The lowest BCUT2D eigenvalue weighted by Crippen LogP contribution is -2.37.